The van der Waals surface area contributed by atoms with Crippen LogP contribution in [0.15, 0.2) is 48.1 Å². The van der Waals surface area contributed by atoms with E-state index in [9.17, 15) is 4.79 Å². The molecule has 1 aliphatic carbocycles. The van der Waals surface area contributed by atoms with Crippen molar-refractivity contribution in [2.75, 3.05) is 19.4 Å². The molecule has 0 spiro atoms. The molecule has 4 nitrogen and oxygen atoms in total. The lowest BCUT2D eigenvalue weighted by molar-refractivity contribution is -0.124. The molecule has 0 bridgehead atoms. The second kappa shape index (κ2) is 5.95. The summed E-state index contributed by atoms with van der Waals surface area (Å²) in [5.74, 6) is 0.853. The molecule has 1 unspecified atom stereocenters. The second-order valence-electron chi connectivity index (χ2n) is 6.35. The molecule has 1 N–H and O–H groups in total. The average Bonchev–Trinajstić information content (AvgIpc) is 2.69. The van der Waals surface area contributed by atoms with Crippen LogP contribution in [-0.2, 0) is 4.79 Å². The lowest BCUT2D eigenvalue weighted by atomic mass is 10.00. The first-order chi connectivity index (χ1) is 11.0. The first kappa shape index (κ1) is 15.4. The molecule has 0 saturated carbocycles. The fraction of sp³-hybridized carbons (Fsp3) is 0.316. The Kier molecular flexibility index (Phi) is 3.99. The van der Waals surface area contributed by atoms with Gasteiger partial charge in [-0.1, -0.05) is 6.08 Å². The van der Waals surface area contributed by atoms with Crippen molar-refractivity contribution in [3.8, 4) is 5.75 Å². The van der Waals surface area contributed by atoms with Gasteiger partial charge >= 0.3 is 0 Å². The normalized spacial score (nSPS) is 18.4. The molecule has 2 aliphatic rings. The Morgan fingerprint density at radius 2 is 2.09 bits per heavy atom. The van der Waals surface area contributed by atoms with Gasteiger partial charge in [0.2, 0.25) is 0 Å². The first-order valence-corrected chi connectivity index (χ1v) is 7.85. The van der Waals surface area contributed by atoms with Gasteiger partial charge in [-0.05, 0) is 50.3 Å². The van der Waals surface area contributed by atoms with Gasteiger partial charge in [0.1, 0.15) is 11.9 Å². The molecule has 1 atom stereocenters. The van der Waals surface area contributed by atoms with Crippen LogP contribution >= 0.6 is 0 Å². The average molecular weight is 310 g/mol. The predicted octanol–water partition coefficient (Wildman–Crippen LogP) is 3.24. The van der Waals surface area contributed by atoms with E-state index in [0.717, 1.165) is 22.6 Å². The third-order valence-corrected chi connectivity index (χ3v) is 3.83. The lowest BCUT2D eigenvalue weighted by Gasteiger charge is -2.12. The molecule has 0 fully saturated rings. The maximum Gasteiger partial charge on any atom is 0.253 e. The zero-order valence-electron chi connectivity index (χ0n) is 14.0. The van der Waals surface area contributed by atoms with Gasteiger partial charge in [0, 0.05) is 42.5 Å². The van der Waals surface area contributed by atoms with E-state index < -0.39 is 0 Å². The van der Waals surface area contributed by atoms with Crippen LogP contribution in [0.1, 0.15) is 19.4 Å². The highest BCUT2D eigenvalue weighted by Gasteiger charge is 2.29. The number of anilines is 1. The zero-order valence-corrected chi connectivity index (χ0v) is 14.0. The number of nitrogens with one attached hydrogen (secondary N) is 1. The minimum absolute atomic E-state index is 0.00675. The van der Waals surface area contributed by atoms with E-state index >= 15 is 0 Å². The topological polar surface area (TPSA) is 41.6 Å². The van der Waals surface area contributed by atoms with E-state index in [1.807, 2.05) is 36.4 Å². The molecule has 4 heteroatoms. The number of carbonyl (C=O) groups excluding carboxylic acids is 1. The van der Waals surface area contributed by atoms with Gasteiger partial charge in [-0.15, -0.1) is 0 Å². The number of hydrogen-bond acceptors (Lipinski definition) is 3. The summed E-state index contributed by atoms with van der Waals surface area (Å²) in [4.78, 5) is 13.9. The number of benzene rings is 1. The lowest BCUT2D eigenvalue weighted by Crippen LogP contribution is -2.22. The Bertz CT molecular complexity index is 727. The molecular weight excluding hydrogens is 288 g/mol. The molecule has 3 rings (SSSR count). The number of likely N-dealkylation sites (N-methyl/N-ethyl adjacent to an activating group) is 1. The molecular formula is C19H22N2O2. The fourth-order valence-corrected chi connectivity index (χ4v) is 2.80. The summed E-state index contributed by atoms with van der Waals surface area (Å²) in [5, 5.41) is 3.41. The summed E-state index contributed by atoms with van der Waals surface area (Å²) < 4.78 is 6.00. The van der Waals surface area contributed by atoms with Crippen LogP contribution < -0.4 is 10.1 Å². The molecule has 1 aromatic rings. The van der Waals surface area contributed by atoms with E-state index in [-0.39, 0.29) is 12.0 Å². The quantitative estimate of drug-likeness (QED) is 0.932. The standard InChI is InChI=1S/C19H22N2O2/c1-12(2)20-14-8-9-18-16(11-14)15-10-13(19(22)21(3)4)6-5-7-17(15)23-18/h5-12,17,20H,1-4H3. The Hall–Kier alpha value is -2.49. The first-order valence-electron chi connectivity index (χ1n) is 7.85. The molecule has 1 aromatic carbocycles. The number of rotatable bonds is 3. The summed E-state index contributed by atoms with van der Waals surface area (Å²) in [6.07, 6.45) is 7.52. The van der Waals surface area contributed by atoms with Gasteiger partial charge < -0.3 is 15.0 Å². The van der Waals surface area contributed by atoms with Gasteiger partial charge in [-0.25, -0.2) is 0 Å². The maximum absolute atomic E-state index is 12.3. The molecule has 0 radical (unpaired) electrons. The number of fused-ring (bicyclic) bond motifs is 3. The molecule has 0 aromatic heterocycles. The maximum atomic E-state index is 12.3. The highest BCUT2D eigenvalue weighted by atomic mass is 16.5. The van der Waals surface area contributed by atoms with Crippen molar-refractivity contribution in [2.24, 2.45) is 0 Å². The van der Waals surface area contributed by atoms with Crippen molar-refractivity contribution in [3.05, 3.63) is 53.6 Å². The summed E-state index contributed by atoms with van der Waals surface area (Å²) >= 11 is 0. The summed E-state index contributed by atoms with van der Waals surface area (Å²) in [7, 11) is 3.52. The molecule has 1 aliphatic heterocycles. The van der Waals surface area contributed by atoms with Gasteiger partial charge in [0.15, 0.2) is 0 Å². The largest absolute Gasteiger partial charge is 0.481 e. The number of carbonyl (C=O) groups is 1. The molecule has 120 valence electrons. The summed E-state index contributed by atoms with van der Waals surface area (Å²) in [5.41, 5.74) is 3.80. The Morgan fingerprint density at radius 3 is 2.78 bits per heavy atom. The molecule has 1 heterocycles. The number of nitrogens with zero attached hydrogens (tertiary/aromatic N) is 1. The Morgan fingerprint density at radius 1 is 1.30 bits per heavy atom. The smallest absolute Gasteiger partial charge is 0.253 e. The van der Waals surface area contributed by atoms with Gasteiger partial charge in [-0.3, -0.25) is 4.79 Å². The van der Waals surface area contributed by atoms with Crippen LogP contribution in [0.25, 0.3) is 5.57 Å². The van der Waals surface area contributed by atoms with Crippen LogP contribution in [0.4, 0.5) is 5.69 Å². The van der Waals surface area contributed by atoms with Crippen LogP contribution in [0.3, 0.4) is 0 Å². The van der Waals surface area contributed by atoms with Crippen LogP contribution in [0, 0.1) is 0 Å². The third kappa shape index (κ3) is 3.02. The SMILES string of the molecule is CC(C)Nc1ccc2c(c1)C1=CC(C(=O)N(C)C)=CC=CC1O2. The van der Waals surface area contributed by atoms with Crippen molar-refractivity contribution in [1.29, 1.82) is 0 Å². The van der Waals surface area contributed by atoms with Gasteiger partial charge in [0.25, 0.3) is 5.91 Å². The minimum Gasteiger partial charge on any atom is -0.481 e. The molecule has 0 saturated heterocycles. The number of amides is 1. The van der Waals surface area contributed by atoms with Crippen LogP contribution in [0.5, 0.6) is 5.75 Å². The summed E-state index contributed by atoms with van der Waals surface area (Å²) in [6.45, 7) is 4.22. The van der Waals surface area contributed by atoms with Crippen molar-refractivity contribution >= 4 is 17.2 Å². The van der Waals surface area contributed by atoms with Crippen molar-refractivity contribution in [1.82, 2.24) is 4.90 Å². The van der Waals surface area contributed by atoms with E-state index in [1.165, 1.54) is 0 Å². The predicted molar refractivity (Wildman–Crippen MR) is 93.5 cm³/mol. The second-order valence-corrected chi connectivity index (χ2v) is 6.35. The number of hydrogen-bond donors (Lipinski definition) is 1. The minimum atomic E-state index is -0.136. The van der Waals surface area contributed by atoms with E-state index in [0.29, 0.717) is 11.6 Å². The third-order valence-electron chi connectivity index (χ3n) is 3.83. The number of allylic oxidation sites excluding steroid dienone is 2. The highest BCUT2D eigenvalue weighted by molar-refractivity contribution is 6.00. The zero-order chi connectivity index (χ0) is 16.6. The Labute approximate surface area is 137 Å². The monoisotopic (exact) mass is 310 g/mol. The summed E-state index contributed by atoms with van der Waals surface area (Å²) in [6, 6.07) is 6.47. The Balaban J connectivity index is 2.01. The highest BCUT2D eigenvalue weighted by Crippen LogP contribution is 2.41. The van der Waals surface area contributed by atoms with E-state index in [1.54, 1.807) is 19.0 Å². The van der Waals surface area contributed by atoms with Gasteiger partial charge in [-0.2, -0.15) is 0 Å². The molecule has 23 heavy (non-hydrogen) atoms. The fourth-order valence-electron chi connectivity index (χ4n) is 2.80. The molecule has 1 amide bonds. The van der Waals surface area contributed by atoms with Crippen molar-refractivity contribution in [2.45, 2.75) is 26.0 Å². The van der Waals surface area contributed by atoms with Crippen LogP contribution in [-0.4, -0.2) is 37.0 Å². The van der Waals surface area contributed by atoms with E-state index in [4.69, 9.17) is 4.74 Å². The van der Waals surface area contributed by atoms with E-state index in [2.05, 4.69) is 25.2 Å². The van der Waals surface area contributed by atoms with Crippen molar-refractivity contribution < 1.29 is 9.53 Å². The van der Waals surface area contributed by atoms with Crippen LogP contribution in [0.2, 0.25) is 0 Å². The number of ether oxygens (including phenoxy) is 1. The van der Waals surface area contributed by atoms with Crippen molar-refractivity contribution in [3.63, 3.8) is 0 Å². The van der Waals surface area contributed by atoms with Gasteiger partial charge in [0.05, 0.1) is 0 Å².